The predicted octanol–water partition coefficient (Wildman–Crippen LogP) is 1.12. The van der Waals surface area contributed by atoms with Crippen molar-refractivity contribution in [3.05, 3.63) is 12.2 Å². The molecule has 2 nitrogen and oxygen atoms in total. The Balaban J connectivity index is 2.50. The van der Waals surface area contributed by atoms with Gasteiger partial charge in [0.2, 0.25) is 0 Å². The molecule has 0 aromatic carbocycles. The van der Waals surface area contributed by atoms with Crippen molar-refractivity contribution in [3.63, 3.8) is 0 Å². The molecule has 1 atom stereocenters. The largest absolute Gasteiger partial charge is 0.455 e. The van der Waals surface area contributed by atoms with Crippen molar-refractivity contribution in [2.45, 2.75) is 20.0 Å². The van der Waals surface area contributed by atoms with Crippen molar-refractivity contribution in [2.75, 3.05) is 0 Å². The van der Waals surface area contributed by atoms with Crippen molar-refractivity contribution >= 4 is 5.97 Å². The Hall–Kier alpha value is -0.790. The summed E-state index contributed by atoms with van der Waals surface area (Å²) in [6.07, 6.45) is 3.29. The first kappa shape index (κ1) is 6.33. The Bertz CT molecular complexity index is 147. The fourth-order valence-electron chi connectivity index (χ4n) is 0.744. The fraction of sp³-hybridized carbons (Fsp3) is 0.571. The molecular weight excluding hydrogens is 116 g/mol. The third-order valence-corrected chi connectivity index (χ3v) is 1.33. The number of esters is 1. The van der Waals surface area contributed by atoms with Crippen LogP contribution in [0, 0.1) is 5.92 Å². The van der Waals surface area contributed by atoms with Gasteiger partial charge in [-0.2, -0.15) is 0 Å². The van der Waals surface area contributed by atoms with Crippen LogP contribution in [0.2, 0.25) is 0 Å². The Labute approximate surface area is 54.5 Å². The smallest absolute Gasteiger partial charge is 0.331 e. The van der Waals surface area contributed by atoms with E-state index in [1.165, 1.54) is 6.08 Å². The van der Waals surface area contributed by atoms with Crippen LogP contribution in [0.3, 0.4) is 0 Å². The minimum atomic E-state index is -0.214. The molecule has 0 radical (unpaired) electrons. The van der Waals surface area contributed by atoms with Gasteiger partial charge in [-0.15, -0.1) is 0 Å². The van der Waals surface area contributed by atoms with Crippen LogP contribution in [0.5, 0.6) is 0 Å². The van der Waals surface area contributed by atoms with E-state index < -0.39 is 0 Å². The lowest BCUT2D eigenvalue weighted by Crippen LogP contribution is -2.14. The van der Waals surface area contributed by atoms with Gasteiger partial charge in [-0.05, 0) is 12.0 Å². The summed E-state index contributed by atoms with van der Waals surface area (Å²) in [6, 6.07) is 0. The quantitative estimate of drug-likeness (QED) is 0.492. The molecule has 2 heteroatoms. The number of ether oxygens (including phenoxy) is 1. The number of carbonyl (C=O) groups is 1. The number of hydrogen-bond donors (Lipinski definition) is 0. The lowest BCUT2D eigenvalue weighted by molar-refractivity contribution is -0.140. The average Bonchev–Trinajstić information content (AvgIpc) is 2.14. The summed E-state index contributed by atoms with van der Waals surface area (Å²) in [6.45, 7) is 4.04. The molecule has 0 saturated heterocycles. The van der Waals surface area contributed by atoms with E-state index >= 15 is 0 Å². The molecule has 1 heterocycles. The molecule has 1 aliphatic heterocycles. The number of rotatable bonds is 1. The Morgan fingerprint density at radius 1 is 1.67 bits per heavy atom. The molecule has 0 aliphatic carbocycles. The lowest BCUT2D eigenvalue weighted by atomic mass is 10.1. The number of hydrogen-bond acceptors (Lipinski definition) is 2. The third kappa shape index (κ3) is 1.31. The van der Waals surface area contributed by atoms with Crippen LogP contribution in [0.4, 0.5) is 0 Å². The SMILES string of the molecule is CC(C)[C@H]1C=CC(=O)O1. The summed E-state index contributed by atoms with van der Waals surface area (Å²) in [7, 11) is 0. The van der Waals surface area contributed by atoms with E-state index in [1.54, 1.807) is 6.08 Å². The van der Waals surface area contributed by atoms with Gasteiger partial charge in [-0.25, -0.2) is 4.79 Å². The van der Waals surface area contributed by atoms with E-state index in [9.17, 15) is 4.79 Å². The van der Waals surface area contributed by atoms with Gasteiger partial charge in [0.15, 0.2) is 0 Å². The van der Waals surface area contributed by atoms with E-state index in [-0.39, 0.29) is 12.1 Å². The summed E-state index contributed by atoms with van der Waals surface area (Å²) in [4.78, 5) is 10.4. The van der Waals surface area contributed by atoms with Gasteiger partial charge in [-0.3, -0.25) is 0 Å². The molecular formula is C7H10O2. The second-order valence-electron chi connectivity index (χ2n) is 2.50. The monoisotopic (exact) mass is 126 g/mol. The van der Waals surface area contributed by atoms with Crippen molar-refractivity contribution in [1.82, 2.24) is 0 Å². The van der Waals surface area contributed by atoms with Crippen molar-refractivity contribution in [2.24, 2.45) is 5.92 Å². The standard InChI is InChI=1S/C7H10O2/c1-5(2)6-3-4-7(8)9-6/h3-6H,1-2H3/t6-/m1/s1. The second-order valence-corrected chi connectivity index (χ2v) is 2.50. The molecule has 0 fully saturated rings. The van der Waals surface area contributed by atoms with Gasteiger partial charge in [0.1, 0.15) is 6.10 Å². The van der Waals surface area contributed by atoms with Crippen LogP contribution in [-0.2, 0) is 9.53 Å². The minimum absolute atomic E-state index is 0.0116. The molecule has 0 aromatic heterocycles. The normalized spacial score (nSPS) is 25.2. The molecule has 1 rings (SSSR count). The zero-order chi connectivity index (χ0) is 6.85. The topological polar surface area (TPSA) is 26.3 Å². The summed E-state index contributed by atoms with van der Waals surface area (Å²) in [5.74, 6) is 0.182. The van der Waals surface area contributed by atoms with Gasteiger partial charge < -0.3 is 4.74 Å². The molecule has 0 aromatic rings. The number of carbonyl (C=O) groups excluding carboxylic acids is 1. The van der Waals surface area contributed by atoms with Gasteiger partial charge in [0.05, 0.1) is 0 Å². The molecule has 50 valence electrons. The fourth-order valence-corrected chi connectivity index (χ4v) is 0.744. The van der Waals surface area contributed by atoms with Crippen LogP contribution < -0.4 is 0 Å². The van der Waals surface area contributed by atoms with E-state index in [4.69, 9.17) is 4.74 Å². The van der Waals surface area contributed by atoms with Gasteiger partial charge in [-0.1, -0.05) is 13.8 Å². The molecule has 0 N–H and O–H groups in total. The van der Waals surface area contributed by atoms with Gasteiger partial charge >= 0.3 is 5.97 Å². The summed E-state index contributed by atoms with van der Waals surface area (Å²) >= 11 is 0. The summed E-state index contributed by atoms with van der Waals surface area (Å²) in [5, 5.41) is 0. The predicted molar refractivity (Wildman–Crippen MR) is 33.9 cm³/mol. The Morgan fingerprint density at radius 2 is 2.33 bits per heavy atom. The lowest BCUT2D eigenvalue weighted by Gasteiger charge is -2.10. The molecule has 0 unspecified atom stereocenters. The van der Waals surface area contributed by atoms with Crippen LogP contribution >= 0.6 is 0 Å². The zero-order valence-corrected chi connectivity index (χ0v) is 5.63. The van der Waals surface area contributed by atoms with Crippen LogP contribution in [0.25, 0.3) is 0 Å². The van der Waals surface area contributed by atoms with Crippen LogP contribution in [0.15, 0.2) is 12.2 Å². The first-order chi connectivity index (χ1) is 4.20. The highest BCUT2D eigenvalue weighted by Gasteiger charge is 2.18. The third-order valence-electron chi connectivity index (χ3n) is 1.33. The van der Waals surface area contributed by atoms with E-state index in [0.29, 0.717) is 5.92 Å². The molecule has 1 aliphatic rings. The number of cyclic esters (lactones) is 1. The highest BCUT2D eigenvalue weighted by Crippen LogP contribution is 2.13. The maximum atomic E-state index is 10.4. The van der Waals surface area contributed by atoms with Crippen molar-refractivity contribution in [1.29, 1.82) is 0 Å². The summed E-state index contributed by atoms with van der Waals surface area (Å²) in [5.41, 5.74) is 0. The first-order valence-corrected chi connectivity index (χ1v) is 3.09. The Kier molecular flexibility index (Phi) is 1.56. The average molecular weight is 126 g/mol. The summed E-state index contributed by atoms with van der Waals surface area (Å²) < 4.78 is 4.87. The van der Waals surface area contributed by atoms with E-state index in [1.807, 2.05) is 13.8 Å². The van der Waals surface area contributed by atoms with Crippen molar-refractivity contribution in [3.8, 4) is 0 Å². The molecule has 0 amide bonds. The van der Waals surface area contributed by atoms with E-state index in [2.05, 4.69) is 0 Å². The van der Waals surface area contributed by atoms with Gasteiger partial charge in [0.25, 0.3) is 0 Å². The molecule has 0 saturated carbocycles. The Morgan fingerprint density at radius 3 is 2.56 bits per heavy atom. The van der Waals surface area contributed by atoms with E-state index in [0.717, 1.165) is 0 Å². The second kappa shape index (κ2) is 2.21. The van der Waals surface area contributed by atoms with Gasteiger partial charge in [0, 0.05) is 6.08 Å². The molecule has 0 bridgehead atoms. The first-order valence-electron chi connectivity index (χ1n) is 3.09. The maximum Gasteiger partial charge on any atom is 0.331 e. The minimum Gasteiger partial charge on any atom is -0.455 e. The highest BCUT2D eigenvalue weighted by atomic mass is 16.5. The zero-order valence-electron chi connectivity index (χ0n) is 5.63. The van der Waals surface area contributed by atoms with Crippen LogP contribution in [-0.4, -0.2) is 12.1 Å². The molecule has 9 heavy (non-hydrogen) atoms. The molecule has 0 spiro atoms. The van der Waals surface area contributed by atoms with Crippen molar-refractivity contribution < 1.29 is 9.53 Å². The van der Waals surface area contributed by atoms with Crippen LogP contribution in [0.1, 0.15) is 13.8 Å². The maximum absolute atomic E-state index is 10.4. The highest BCUT2D eigenvalue weighted by molar-refractivity contribution is 5.84.